The number of carboxylic acid groups (broad SMARTS) is 1. The van der Waals surface area contributed by atoms with Crippen molar-refractivity contribution in [1.29, 1.82) is 0 Å². The first-order chi connectivity index (χ1) is 7.66. The predicted molar refractivity (Wildman–Crippen MR) is 65.4 cm³/mol. The van der Waals surface area contributed by atoms with Crippen LogP contribution >= 0.6 is 0 Å². The van der Waals surface area contributed by atoms with Gasteiger partial charge in [-0.2, -0.15) is 0 Å². The van der Waals surface area contributed by atoms with Crippen LogP contribution in [0, 0.1) is 16.7 Å². The Bertz CT molecular complexity index is 344. The summed E-state index contributed by atoms with van der Waals surface area (Å²) in [5.41, 5.74) is -0.150. The Hall–Kier alpha value is -1.32. The second-order valence-electron chi connectivity index (χ2n) is 5.80. The van der Waals surface area contributed by atoms with Gasteiger partial charge in [-0.3, -0.25) is 4.79 Å². The molecule has 0 radical (unpaired) electrons. The van der Waals surface area contributed by atoms with Gasteiger partial charge >= 0.3 is 5.97 Å². The van der Waals surface area contributed by atoms with Crippen molar-refractivity contribution in [2.75, 3.05) is 0 Å². The van der Waals surface area contributed by atoms with Crippen molar-refractivity contribution >= 4 is 11.9 Å². The molecule has 1 atom stereocenters. The largest absolute Gasteiger partial charge is 0.480 e. The van der Waals surface area contributed by atoms with Crippen molar-refractivity contribution in [1.82, 2.24) is 5.32 Å². The SMILES string of the molecule is C=CCC(NC(=O)C1C(C)(C)C1(C)C)C(=O)O. The van der Waals surface area contributed by atoms with Gasteiger partial charge < -0.3 is 10.4 Å². The maximum absolute atomic E-state index is 12.0. The average Bonchev–Trinajstić information content (AvgIpc) is 2.56. The molecule has 2 N–H and O–H groups in total. The van der Waals surface area contributed by atoms with E-state index in [-0.39, 0.29) is 29.1 Å². The number of carbonyl (C=O) groups is 2. The number of hydrogen-bond donors (Lipinski definition) is 2. The topological polar surface area (TPSA) is 66.4 Å². The van der Waals surface area contributed by atoms with Crippen molar-refractivity contribution < 1.29 is 14.7 Å². The number of aliphatic carboxylic acids is 1. The summed E-state index contributed by atoms with van der Waals surface area (Å²) in [6.45, 7) is 11.6. The Labute approximate surface area is 102 Å². The van der Waals surface area contributed by atoms with E-state index >= 15 is 0 Å². The van der Waals surface area contributed by atoms with Crippen LogP contribution in [0.5, 0.6) is 0 Å². The highest BCUT2D eigenvalue weighted by Gasteiger charge is 2.68. The Morgan fingerprint density at radius 2 is 1.82 bits per heavy atom. The van der Waals surface area contributed by atoms with E-state index in [0.29, 0.717) is 0 Å². The summed E-state index contributed by atoms with van der Waals surface area (Å²) in [4.78, 5) is 22.9. The molecule has 0 heterocycles. The van der Waals surface area contributed by atoms with Gasteiger partial charge in [-0.15, -0.1) is 6.58 Å². The zero-order valence-corrected chi connectivity index (χ0v) is 10.9. The average molecular weight is 239 g/mol. The van der Waals surface area contributed by atoms with Crippen LogP contribution in [0.15, 0.2) is 12.7 Å². The van der Waals surface area contributed by atoms with E-state index in [1.54, 1.807) is 0 Å². The molecule has 1 aliphatic carbocycles. The van der Waals surface area contributed by atoms with E-state index in [1.807, 2.05) is 27.7 Å². The summed E-state index contributed by atoms with van der Waals surface area (Å²) >= 11 is 0. The van der Waals surface area contributed by atoms with E-state index in [9.17, 15) is 9.59 Å². The first-order valence-electron chi connectivity index (χ1n) is 5.80. The van der Waals surface area contributed by atoms with Gasteiger partial charge in [0, 0.05) is 5.92 Å². The zero-order chi connectivity index (χ0) is 13.4. The Morgan fingerprint density at radius 3 is 2.12 bits per heavy atom. The van der Waals surface area contributed by atoms with E-state index in [4.69, 9.17) is 5.11 Å². The highest BCUT2D eigenvalue weighted by Crippen LogP contribution is 2.68. The molecule has 1 rings (SSSR count). The van der Waals surface area contributed by atoms with Gasteiger partial charge in [-0.1, -0.05) is 33.8 Å². The fourth-order valence-electron chi connectivity index (χ4n) is 2.50. The van der Waals surface area contributed by atoms with Crippen LogP contribution in [0.25, 0.3) is 0 Å². The molecule has 0 saturated heterocycles. The minimum Gasteiger partial charge on any atom is -0.480 e. The molecule has 0 aromatic carbocycles. The number of amides is 1. The number of carboxylic acids is 1. The van der Waals surface area contributed by atoms with Crippen LogP contribution in [-0.2, 0) is 9.59 Å². The lowest BCUT2D eigenvalue weighted by molar-refractivity contribution is -0.142. The third kappa shape index (κ3) is 2.21. The standard InChI is InChI=1S/C13H21NO3/c1-6-7-8(11(16)17)14-10(15)9-12(2,3)13(9,4)5/h6,8-9H,1,7H2,2-5H3,(H,14,15)(H,16,17). The minimum absolute atomic E-state index is 0.0751. The molecule has 0 aromatic heterocycles. The third-order valence-electron chi connectivity index (χ3n) is 4.30. The molecule has 0 aliphatic heterocycles. The Kier molecular flexibility index (Phi) is 3.37. The van der Waals surface area contributed by atoms with Crippen molar-refractivity contribution in [2.24, 2.45) is 16.7 Å². The van der Waals surface area contributed by atoms with Crippen molar-refractivity contribution in [2.45, 2.75) is 40.2 Å². The Morgan fingerprint density at radius 1 is 1.35 bits per heavy atom. The van der Waals surface area contributed by atoms with E-state index in [1.165, 1.54) is 6.08 Å². The number of rotatable bonds is 5. The van der Waals surface area contributed by atoms with Gasteiger partial charge in [-0.25, -0.2) is 4.79 Å². The van der Waals surface area contributed by atoms with Crippen LogP contribution < -0.4 is 5.32 Å². The molecule has 1 amide bonds. The number of carbonyl (C=O) groups excluding carboxylic acids is 1. The van der Waals surface area contributed by atoms with Crippen molar-refractivity contribution in [3.63, 3.8) is 0 Å². The monoisotopic (exact) mass is 239 g/mol. The third-order valence-corrected chi connectivity index (χ3v) is 4.30. The molecule has 0 aromatic rings. The molecule has 1 aliphatic rings. The molecule has 17 heavy (non-hydrogen) atoms. The fourth-order valence-corrected chi connectivity index (χ4v) is 2.50. The first-order valence-corrected chi connectivity index (χ1v) is 5.80. The first kappa shape index (κ1) is 13.7. The summed E-state index contributed by atoms with van der Waals surface area (Å²) in [7, 11) is 0. The van der Waals surface area contributed by atoms with Crippen molar-refractivity contribution in [3.05, 3.63) is 12.7 Å². The second kappa shape index (κ2) is 4.17. The molecule has 1 saturated carbocycles. The lowest BCUT2D eigenvalue weighted by atomic mass is 10.0. The van der Waals surface area contributed by atoms with E-state index < -0.39 is 12.0 Å². The minimum atomic E-state index is -1.02. The quantitative estimate of drug-likeness (QED) is 0.719. The van der Waals surface area contributed by atoms with Gasteiger partial charge in [0.2, 0.25) is 5.91 Å². The molecule has 0 bridgehead atoms. The van der Waals surface area contributed by atoms with Gasteiger partial charge in [0.25, 0.3) is 0 Å². The summed E-state index contributed by atoms with van der Waals surface area (Å²) in [5, 5.41) is 11.5. The van der Waals surface area contributed by atoms with E-state index in [0.717, 1.165) is 0 Å². The Balaban J connectivity index is 2.68. The van der Waals surface area contributed by atoms with Crippen LogP contribution in [-0.4, -0.2) is 23.0 Å². The predicted octanol–water partition coefficient (Wildman–Crippen LogP) is 1.81. The van der Waals surface area contributed by atoms with Gasteiger partial charge in [-0.05, 0) is 17.3 Å². The molecule has 1 unspecified atom stereocenters. The van der Waals surface area contributed by atoms with Crippen LogP contribution in [0.1, 0.15) is 34.1 Å². The molecular weight excluding hydrogens is 218 g/mol. The zero-order valence-electron chi connectivity index (χ0n) is 10.9. The lowest BCUT2D eigenvalue weighted by Gasteiger charge is -2.13. The molecule has 1 fully saturated rings. The summed E-state index contributed by atoms with van der Waals surface area (Å²) in [5.74, 6) is -1.31. The molecule has 4 heteroatoms. The maximum Gasteiger partial charge on any atom is 0.326 e. The lowest BCUT2D eigenvalue weighted by Crippen LogP contribution is -2.42. The smallest absolute Gasteiger partial charge is 0.326 e. The molecular formula is C13H21NO3. The van der Waals surface area contributed by atoms with Gasteiger partial charge in [0.1, 0.15) is 6.04 Å². The normalized spacial score (nSPS) is 22.6. The van der Waals surface area contributed by atoms with Gasteiger partial charge in [0.05, 0.1) is 0 Å². The summed E-state index contributed by atoms with van der Waals surface area (Å²) in [6.07, 6.45) is 1.75. The summed E-state index contributed by atoms with van der Waals surface area (Å²) < 4.78 is 0. The maximum atomic E-state index is 12.0. The number of hydrogen-bond acceptors (Lipinski definition) is 2. The molecule has 96 valence electrons. The highest BCUT2D eigenvalue weighted by atomic mass is 16.4. The van der Waals surface area contributed by atoms with Crippen molar-refractivity contribution in [3.8, 4) is 0 Å². The number of nitrogens with one attached hydrogen (secondary N) is 1. The molecule has 4 nitrogen and oxygen atoms in total. The fraction of sp³-hybridized carbons (Fsp3) is 0.692. The van der Waals surface area contributed by atoms with Crippen LogP contribution in [0.2, 0.25) is 0 Å². The second-order valence-corrected chi connectivity index (χ2v) is 5.80. The van der Waals surface area contributed by atoms with E-state index in [2.05, 4.69) is 11.9 Å². The summed E-state index contributed by atoms with van der Waals surface area (Å²) in [6, 6.07) is -0.868. The van der Waals surface area contributed by atoms with Crippen LogP contribution in [0.4, 0.5) is 0 Å². The van der Waals surface area contributed by atoms with Gasteiger partial charge in [0.15, 0.2) is 0 Å². The van der Waals surface area contributed by atoms with Crippen LogP contribution in [0.3, 0.4) is 0 Å². The molecule has 0 spiro atoms. The highest BCUT2D eigenvalue weighted by molar-refractivity contribution is 5.88.